The van der Waals surface area contributed by atoms with E-state index < -0.39 is 5.82 Å². The zero-order valence-electron chi connectivity index (χ0n) is 16.5. The summed E-state index contributed by atoms with van der Waals surface area (Å²) in [6, 6.07) is 8.86. The summed E-state index contributed by atoms with van der Waals surface area (Å²) in [5, 5.41) is 8.40. The Bertz CT molecular complexity index is 812. The van der Waals surface area contributed by atoms with Crippen LogP contribution >= 0.6 is 0 Å². The highest BCUT2D eigenvalue weighted by Gasteiger charge is 2.23. The number of benzene rings is 1. The number of likely N-dealkylation sites (tertiary alicyclic amines) is 1. The topological polar surface area (TPSA) is 86.6 Å². The van der Waals surface area contributed by atoms with Crippen molar-refractivity contribution in [2.75, 3.05) is 31.5 Å². The van der Waals surface area contributed by atoms with Crippen molar-refractivity contribution < 1.29 is 18.4 Å². The number of urea groups is 1. The molecule has 1 aliphatic rings. The predicted octanol–water partition coefficient (Wildman–Crippen LogP) is 3.13. The van der Waals surface area contributed by atoms with Gasteiger partial charge in [0.2, 0.25) is 5.91 Å². The minimum atomic E-state index is -0.398. The molecule has 3 rings (SSSR count). The van der Waals surface area contributed by atoms with Crippen LogP contribution in [0.1, 0.15) is 31.6 Å². The van der Waals surface area contributed by atoms with Crippen LogP contribution in [0, 0.1) is 11.7 Å². The molecule has 3 N–H and O–H groups in total. The molecule has 1 fully saturated rings. The van der Waals surface area contributed by atoms with Crippen molar-refractivity contribution in [1.82, 2.24) is 15.5 Å². The largest absolute Gasteiger partial charge is 0.467 e. The van der Waals surface area contributed by atoms with Crippen LogP contribution in [0.5, 0.6) is 0 Å². The number of carbonyl (C=O) groups excluding carboxylic acids is 2. The van der Waals surface area contributed by atoms with Crippen LogP contribution in [0.25, 0.3) is 0 Å². The van der Waals surface area contributed by atoms with Crippen LogP contribution in [0.3, 0.4) is 0 Å². The summed E-state index contributed by atoms with van der Waals surface area (Å²) >= 11 is 0. The maximum Gasteiger partial charge on any atom is 0.319 e. The Kier molecular flexibility index (Phi) is 7.24. The minimum Gasteiger partial charge on any atom is -0.467 e. The number of rotatable bonds is 7. The maximum absolute atomic E-state index is 13.2. The van der Waals surface area contributed by atoms with Gasteiger partial charge in [0.25, 0.3) is 0 Å². The molecule has 7 nitrogen and oxygen atoms in total. The summed E-state index contributed by atoms with van der Waals surface area (Å²) in [6.45, 7) is 4.30. The lowest BCUT2D eigenvalue weighted by atomic mass is 9.98. The van der Waals surface area contributed by atoms with E-state index in [-0.39, 0.29) is 23.9 Å². The van der Waals surface area contributed by atoms with Gasteiger partial charge in [0.05, 0.1) is 18.8 Å². The van der Waals surface area contributed by atoms with Gasteiger partial charge in [-0.05, 0) is 62.6 Å². The molecule has 156 valence electrons. The third kappa shape index (κ3) is 6.60. The van der Waals surface area contributed by atoms with Gasteiger partial charge in [0.15, 0.2) is 0 Å². The number of amides is 3. The summed E-state index contributed by atoms with van der Waals surface area (Å²) in [5.74, 6) is 0.539. The predicted molar refractivity (Wildman–Crippen MR) is 108 cm³/mol. The van der Waals surface area contributed by atoms with Gasteiger partial charge in [-0.2, -0.15) is 0 Å². The number of hydrogen-bond donors (Lipinski definition) is 3. The third-order valence-electron chi connectivity index (χ3n) is 4.95. The number of nitrogens with zero attached hydrogens (tertiary/aromatic N) is 1. The van der Waals surface area contributed by atoms with Gasteiger partial charge in [-0.3, -0.25) is 9.69 Å². The molecule has 2 aromatic rings. The zero-order chi connectivity index (χ0) is 20.6. The van der Waals surface area contributed by atoms with Gasteiger partial charge in [-0.25, -0.2) is 9.18 Å². The lowest BCUT2D eigenvalue weighted by Crippen LogP contribution is -2.45. The molecular formula is C21H27FN4O3. The standard InChI is InChI=1S/C21H27FN4O3/c1-15(19-8-4-10-29-19)24-20(27)14-26-9-3-5-16(13-26)12-23-21(28)25-18-7-2-6-17(22)11-18/h2,4,6-8,10-11,15-16H,3,5,9,12-14H2,1H3,(H,24,27)(H2,23,25,28). The molecule has 0 saturated carbocycles. The fraction of sp³-hybridized carbons (Fsp3) is 0.429. The van der Waals surface area contributed by atoms with E-state index in [2.05, 4.69) is 20.9 Å². The van der Waals surface area contributed by atoms with Crippen molar-refractivity contribution in [2.45, 2.75) is 25.8 Å². The van der Waals surface area contributed by atoms with Crippen LogP contribution in [0.2, 0.25) is 0 Å². The second-order valence-electron chi connectivity index (χ2n) is 7.39. The van der Waals surface area contributed by atoms with E-state index in [0.29, 0.717) is 18.8 Å². The van der Waals surface area contributed by atoms with Gasteiger partial charge < -0.3 is 20.4 Å². The number of anilines is 1. The number of piperidine rings is 1. The molecule has 8 heteroatoms. The molecule has 0 spiro atoms. The minimum absolute atomic E-state index is 0.0497. The van der Waals surface area contributed by atoms with Crippen LogP contribution < -0.4 is 16.0 Å². The molecule has 2 heterocycles. The number of carbonyl (C=O) groups is 2. The van der Waals surface area contributed by atoms with E-state index in [4.69, 9.17) is 4.42 Å². The number of hydrogen-bond acceptors (Lipinski definition) is 4. The van der Waals surface area contributed by atoms with E-state index in [1.807, 2.05) is 13.0 Å². The van der Waals surface area contributed by atoms with Gasteiger partial charge >= 0.3 is 6.03 Å². The molecule has 1 saturated heterocycles. The fourth-order valence-corrected chi connectivity index (χ4v) is 3.54. The Hall–Kier alpha value is -2.87. The Morgan fingerprint density at radius 1 is 1.31 bits per heavy atom. The lowest BCUT2D eigenvalue weighted by Gasteiger charge is -2.32. The summed E-state index contributed by atoms with van der Waals surface area (Å²) in [6.07, 6.45) is 3.55. The normalized spacial score (nSPS) is 18.1. The summed E-state index contributed by atoms with van der Waals surface area (Å²) in [4.78, 5) is 26.4. The second-order valence-corrected chi connectivity index (χ2v) is 7.39. The van der Waals surface area contributed by atoms with E-state index in [1.165, 1.54) is 12.1 Å². The maximum atomic E-state index is 13.2. The van der Waals surface area contributed by atoms with Crippen molar-refractivity contribution in [3.63, 3.8) is 0 Å². The first kappa shape index (κ1) is 20.9. The first-order chi connectivity index (χ1) is 14.0. The first-order valence-corrected chi connectivity index (χ1v) is 9.85. The molecule has 0 radical (unpaired) electrons. The third-order valence-corrected chi connectivity index (χ3v) is 4.95. The quantitative estimate of drug-likeness (QED) is 0.664. The summed E-state index contributed by atoms with van der Waals surface area (Å²) < 4.78 is 18.5. The molecule has 1 aromatic carbocycles. The van der Waals surface area contributed by atoms with E-state index in [0.717, 1.165) is 31.7 Å². The first-order valence-electron chi connectivity index (χ1n) is 9.85. The number of furan rings is 1. The van der Waals surface area contributed by atoms with Crippen LogP contribution in [0.15, 0.2) is 47.1 Å². The Morgan fingerprint density at radius 2 is 2.17 bits per heavy atom. The smallest absolute Gasteiger partial charge is 0.319 e. The van der Waals surface area contributed by atoms with Crippen LogP contribution in [-0.2, 0) is 4.79 Å². The molecule has 29 heavy (non-hydrogen) atoms. The van der Waals surface area contributed by atoms with Crippen molar-refractivity contribution in [3.05, 3.63) is 54.2 Å². The van der Waals surface area contributed by atoms with Crippen molar-refractivity contribution in [2.24, 2.45) is 5.92 Å². The molecular weight excluding hydrogens is 375 g/mol. The number of halogens is 1. The lowest BCUT2D eigenvalue weighted by molar-refractivity contribution is -0.123. The highest BCUT2D eigenvalue weighted by atomic mass is 19.1. The molecule has 2 unspecified atom stereocenters. The Morgan fingerprint density at radius 3 is 2.93 bits per heavy atom. The highest BCUT2D eigenvalue weighted by molar-refractivity contribution is 5.89. The van der Waals surface area contributed by atoms with Gasteiger partial charge in [-0.1, -0.05) is 6.07 Å². The highest BCUT2D eigenvalue weighted by Crippen LogP contribution is 2.17. The molecule has 0 bridgehead atoms. The van der Waals surface area contributed by atoms with E-state index >= 15 is 0 Å². The zero-order valence-corrected chi connectivity index (χ0v) is 16.5. The van der Waals surface area contributed by atoms with Crippen LogP contribution in [-0.4, -0.2) is 43.0 Å². The Labute approximate surface area is 169 Å². The van der Waals surface area contributed by atoms with Crippen molar-refractivity contribution in [1.29, 1.82) is 0 Å². The average Bonchev–Trinajstić information content (AvgIpc) is 3.22. The van der Waals surface area contributed by atoms with Crippen molar-refractivity contribution in [3.8, 4) is 0 Å². The molecule has 1 aromatic heterocycles. The van der Waals surface area contributed by atoms with E-state index in [1.54, 1.807) is 24.5 Å². The number of nitrogens with one attached hydrogen (secondary N) is 3. The fourth-order valence-electron chi connectivity index (χ4n) is 3.54. The summed E-state index contributed by atoms with van der Waals surface area (Å²) in [5.41, 5.74) is 0.412. The molecule has 3 amide bonds. The molecule has 2 atom stereocenters. The average molecular weight is 402 g/mol. The SMILES string of the molecule is CC(NC(=O)CN1CCCC(CNC(=O)Nc2cccc(F)c2)C1)c1ccco1. The van der Waals surface area contributed by atoms with Crippen LogP contribution in [0.4, 0.5) is 14.9 Å². The van der Waals surface area contributed by atoms with Gasteiger partial charge in [-0.15, -0.1) is 0 Å². The summed E-state index contributed by atoms with van der Waals surface area (Å²) in [7, 11) is 0. The van der Waals surface area contributed by atoms with Crippen molar-refractivity contribution >= 4 is 17.6 Å². The van der Waals surface area contributed by atoms with Gasteiger partial charge in [0, 0.05) is 18.8 Å². The second kappa shape index (κ2) is 10.1. The van der Waals surface area contributed by atoms with E-state index in [9.17, 15) is 14.0 Å². The Balaban J connectivity index is 1.39. The molecule has 1 aliphatic heterocycles. The monoisotopic (exact) mass is 402 g/mol. The van der Waals surface area contributed by atoms with Gasteiger partial charge in [0.1, 0.15) is 11.6 Å². The molecule has 0 aliphatic carbocycles.